The standard InChI is InChI=1S/4C20H29NO3.2C19H27NO3/c4*1-5-13(2)8-15-12-21-7-6-14-9-19(23-3)20(24-4)10-16(14)17(21)11-18(15)22;2*1-12(2)7-14-11-20-6-5-13-8-18(22-3)19(23-4)9-15(13)16(20)10-17(14)21/h4*9-10,13,15,17H,5-8,11-12H2,1-4H3;2*8-9,12,14,16H,5-7,10-11H2,1-4H3/i2D3,3D3,5D2,6D2,7D2,8D2,9D,10D,11D2,12D2,13D,15D,17D;2D3,3D3,5D2,6D2,7D2,8D2,9D,10D,11D2,13D,15D,17D;2D3,3D3,5D2,6D2,7D2,8D2,9D,10D,12D2,13D,17D;2D3,3D3,4D3,5D2,8D2,13D;3D3,5D2,6D2,8D,9D,10D2,11D2,14D,16D;3D3,5D2,6D2,8D,9D,11D2,16D. The summed E-state index contributed by atoms with van der Waals surface area (Å²) in [5, 5.41) is 0. The molecule has 0 bridgehead atoms. The van der Waals surface area contributed by atoms with Gasteiger partial charge in [0.2, 0.25) is 0 Å². The maximum atomic E-state index is 14.1. The number of rotatable bonds is 28. The summed E-state index contributed by atoms with van der Waals surface area (Å²) in [6.45, 7) is -42.2. The number of piperidine rings is 6. The Bertz CT molecular complexity index is 10500. The average Bonchev–Trinajstić information content (AvgIpc) is 0.541. The monoisotopic (exact) mass is 2060 g/mol. The Morgan fingerprint density at radius 1 is 0.338 bits per heavy atom. The molecule has 12 aliphatic rings. The third-order valence-electron chi connectivity index (χ3n) is 22.0. The number of ether oxygens (including phenoxy) is 12. The number of methoxy groups -OCH3 is 12. The molecule has 780 valence electrons. The van der Waals surface area contributed by atoms with Crippen molar-refractivity contribution in [1.29, 1.82) is 0 Å². The van der Waals surface area contributed by atoms with E-state index >= 15 is 0 Å². The van der Waals surface area contributed by atoms with Crippen molar-refractivity contribution in [1.82, 2.24) is 29.4 Å². The first-order valence-electron chi connectivity index (χ1n) is 95.1. The molecule has 0 aliphatic carbocycles. The van der Waals surface area contributed by atoms with E-state index in [1.807, 2.05) is 0 Å². The van der Waals surface area contributed by atoms with Crippen LogP contribution < -0.4 is 56.8 Å². The van der Waals surface area contributed by atoms with E-state index in [4.69, 9.17) is 195 Å². The van der Waals surface area contributed by atoms with Crippen molar-refractivity contribution in [2.45, 2.75) is 259 Å². The second kappa shape index (κ2) is 50.7. The molecule has 142 heavy (non-hydrogen) atoms. The highest BCUT2D eigenvalue weighted by molar-refractivity contribution is 5.86. The van der Waals surface area contributed by atoms with Crippen LogP contribution in [0.5, 0.6) is 69.0 Å². The van der Waals surface area contributed by atoms with Crippen molar-refractivity contribution in [2.75, 3.05) is 163 Å². The molecule has 6 saturated heterocycles. The zero-order valence-electron chi connectivity index (χ0n) is 183. The summed E-state index contributed by atoms with van der Waals surface area (Å²) < 4.78 is 929. The lowest BCUT2D eigenvalue weighted by Crippen LogP contribution is -2.46. The van der Waals surface area contributed by atoms with Crippen LogP contribution in [-0.4, -0.2) is 227 Å². The van der Waals surface area contributed by atoms with Gasteiger partial charge in [-0.3, -0.25) is 58.2 Å². The molecule has 0 aromatic heterocycles. The van der Waals surface area contributed by atoms with E-state index in [-0.39, 0.29) is 64.5 Å². The van der Waals surface area contributed by atoms with Crippen LogP contribution in [0.15, 0.2) is 72.6 Å². The molecule has 12 heterocycles. The minimum Gasteiger partial charge on any atom is -0.493 e. The van der Waals surface area contributed by atoms with Crippen LogP contribution in [0.4, 0.5) is 0 Å². The number of benzene rings is 6. The van der Waals surface area contributed by atoms with Gasteiger partial charge in [-0.15, -0.1) is 0 Å². The summed E-state index contributed by atoms with van der Waals surface area (Å²) in [6.07, 6.45) is -61.9. The highest BCUT2D eigenvalue weighted by Crippen LogP contribution is 2.51. The van der Waals surface area contributed by atoms with Gasteiger partial charge in [-0.1, -0.05) is 108 Å². The molecule has 16 atom stereocenters. The maximum Gasteiger partial charge on any atom is 0.161 e. The molecular weight excluding hydrogens is 1790 g/mol. The summed E-state index contributed by atoms with van der Waals surface area (Å²) in [7, 11) is -17.7. The van der Waals surface area contributed by atoms with Crippen LogP contribution in [-0.2, 0) is 67.1 Å². The topological polar surface area (TPSA) is 233 Å². The van der Waals surface area contributed by atoms with Crippen molar-refractivity contribution in [3.05, 3.63) is 139 Å². The van der Waals surface area contributed by atoms with Gasteiger partial charge < -0.3 is 56.8 Å². The summed E-state index contributed by atoms with van der Waals surface area (Å²) in [5.74, 6) is -53.7. The molecule has 12 aliphatic heterocycles. The van der Waals surface area contributed by atoms with Crippen molar-refractivity contribution < 1.29 is 230 Å². The molecule has 0 spiro atoms. The SMILES string of the molecule is [2H]C([2H])([2H])Oc1cc2c(cc1OC([2H])([2H])[2H])C1CC(=O)C(C([2H])([2H])C([2H])(C([2H])([2H])[2H])C([2H])([2H])C)CN1CC2.[2H]c1c(OC([2H])([2H])[2H])c(OC)c([2H])c2c1C([2H])([2H])C([2H])([2H])N1C([2H])([2H])C([2H])(C([2H])([2H])C([2H])(C([2H])([2H])[2H])C([2H])([2H])C)C(=O)C([2H])([2H])C21[2H].[2H]c1c(OC([2H])([2H])[2H])c(OC)c([2H])c2c1C([2H])([2H])C([2H])([2H])N1C([2H])([2H])C([2H])(CC(C)C)C(=O)C([2H])([2H])C21[2H].[2H]c1c(OC([2H])([2H])[2H])c(OC)c([2H])c2c1C([2H])([2H])C([2H])([2H])N1CC([2H])(C([2H])([2H])C([2H])(C([2H])([2H])[2H])C([2H])([2H])C)C(=O)C([2H])([2H])C21[2H].[2H]c1c(OC)c(OC([2H])([2H])[2H])c([2H])c2c1C1([2H])CC(=O)C(C([2H])([2H])C([2H])(C([2H])([2H])[2H])C([2H])([2H])C)C([2H])([2H])N1C([2H])([2H])C2([2H])[2H].[2H]c1c(OC)c(OC([2H])([2H])[2H])c([2H])c2c1C1([2H])CC(=O)C(CC(C)C)C([2H])([2H])N1C([2H])([2H])C2([2H])[2H]. The number of carbonyl (C=O) groups is 6. The predicted molar refractivity (Wildman–Crippen MR) is 559 cm³/mol. The number of fused-ring (bicyclic) bond motifs is 18. The van der Waals surface area contributed by atoms with Gasteiger partial charge in [0.25, 0.3) is 0 Å². The number of hydrogen-bond acceptors (Lipinski definition) is 24. The fourth-order valence-electron chi connectivity index (χ4n) is 15.1. The van der Waals surface area contributed by atoms with E-state index in [2.05, 4.69) is 0 Å². The Kier molecular flexibility index (Phi) is 13.2. The second-order valence-corrected chi connectivity index (χ2v) is 31.8. The molecule has 24 nitrogen and oxygen atoms in total. The van der Waals surface area contributed by atoms with E-state index in [0.717, 1.165) is 42.5 Å². The van der Waals surface area contributed by atoms with Crippen LogP contribution in [0.1, 0.15) is 432 Å². The van der Waals surface area contributed by atoms with Crippen molar-refractivity contribution >= 4 is 34.7 Å². The zero-order valence-corrected chi connectivity index (χ0v) is 78.0. The predicted octanol–water partition coefficient (Wildman–Crippen LogP) is 21.0. The number of Topliss-reactive ketones (excluding diaryl/α,β-unsaturated/α-hetero) is 6. The fraction of sp³-hybridized carbons (Fsp3) is 0.644. The third-order valence-corrected chi connectivity index (χ3v) is 22.0. The van der Waals surface area contributed by atoms with Crippen LogP contribution in [0.2, 0.25) is 0 Å². The Balaban J connectivity index is 0.000000233. The molecule has 6 aromatic rings. The first kappa shape index (κ1) is 36.9. The van der Waals surface area contributed by atoms with E-state index in [9.17, 15) is 34.3 Å². The number of ketones is 6. The Labute approximate surface area is 996 Å². The first-order valence-corrected chi connectivity index (χ1v) is 42.6. The van der Waals surface area contributed by atoms with Gasteiger partial charge in [-0.05, 0) is 251 Å². The Morgan fingerprint density at radius 3 is 1.06 bits per heavy atom. The van der Waals surface area contributed by atoms with Gasteiger partial charge >= 0.3 is 0 Å². The summed E-state index contributed by atoms with van der Waals surface area (Å²) in [5.41, 5.74) is -10.4. The summed E-state index contributed by atoms with van der Waals surface area (Å²) >= 11 is 0. The first-order chi connectivity index (χ1) is 109. The molecule has 24 heteroatoms. The highest BCUT2D eigenvalue weighted by Gasteiger charge is 2.47. The van der Waals surface area contributed by atoms with E-state index < -0.39 is 577 Å². The van der Waals surface area contributed by atoms with Crippen molar-refractivity contribution in [2.24, 2.45) is 70.8 Å². The Hall–Kier alpha value is -9.30. The normalized spacial score (nSPS) is 48.4. The van der Waals surface area contributed by atoms with Crippen LogP contribution >= 0.6 is 0 Å². The molecule has 16 unspecified atom stereocenters. The van der Waals surface area contributed by atoms with Gasteiger partial charge in [-0.25, -0.2) is 0 Å². The molecule has 0 saturated carbocycles. The van der Waals surface area contributed by atoms with Gasteiger partial charge in [0.1, 0.15) is 34.7 Å². The largest absolute Gasteiger partial charge is 0.493 e. The average molecular weight is 2070 g/mol. The van der Waals surface area contributed by atoms with Gasteiger partial charge in [0.15, 0.2) is 69.0 Å². The molecular formula is C118H170N6O18. The maximum absolute atomic E-state index is 14.1. The van der Waals surface area contributed by atoms with Crippen LogP contribution in [0, 0.1) is 70.8 Å². The number of hydrogen-bond donors (Lipinski definition) is 0. The van der Waals surface area contributed by atoms with Crippen molar-refractivity contribution in [3.63, 3.8) is 0 Å². The minimum absolute atomic E-state index is 0.0243. The lowest BCUT2D eigenvalue weighted by atomic mass is 9.79. The zero-order chi connectivity index (χ0) is 194. The lowest BCUT2D eigenvalue weighted by Gasteiger charge is -2.43. The molecule has 0 radical (unpaired) electrons. The van der Waals surface area contributed by atoms with Crippen molar-refractivity contribution in [3.8, 4) is 69.0 Å². The molecule has 6 aromatic carbocycles. The van der Waals surface area contributed by atoms with E-state index in [0.29, 0.717) is 36.8 Å². The quantitative estimate of drug-likeness (QED) is 0.0444. The lowest BCUT2D eigenvalue weighted by molar-refractivity contribution is -0.130. The van der Waals surface area contributed by atoms with Gasteiger partial charge in [-0.2, -0.15) is 0 Å². The fourth-order valence-corrected chi connectivity index (χ4v) is 15.1. The van der Waals surface area contributed by atoms with E-state index in [1.165, 1.54) is 26.0 Å². The molecule has 0 amide bonds. The molecule has 0 N–H and O–H groups in total. The smallest absolute Gasteiger partial charge is 0.161 e. The van der Waals surface area contributed by atoms with Crippen LogP contribution in [0.25, 0.3) is 0 Å². The summed E-state index contributed by atoms with van der Waals surface area (Å²) in [4.78, 5) is 82.6. The van der Waals surface area contributed by atoms with Crippen LogP contribution in [0.3, 0.4) is 0 Å². The second-order valence-electron chi connectivity index (χ2n) is 31.8. The summed E-state index contributed by atoms with van der Waals surface area (Å²) in [6, 6.07) is -26.8. The number of carbonyl (C=O) groups excluding carboxylic acids is 6. The van der Waals surface area contributed by atoms with E-state index in [1.54, 1.807) is 18.7 Å². The minimum atomic E-state index is -4.69. The molecule has 6 fully saturated rings. The Morgan fingerprint density at radius 2 is 0.662 bits per heavy atom. The highest BCUT2D eigenvalue weighted by atomic mass is 16.5. The number of nitrogens with zero attached hydrogens (tertiary/aromatic N) is 6. The van der Waals surface area contributed by atoms with Gasteiger partial charge in [0, 0.05) is 283 Å². The molecule has 18 rings (SSSR count). The van der Waals surface area contributed by atoms with Gasteiger partial charge in [0.05, 0.1) is 134 Å². The third kappa shape index (κ3) is 25.7.